The molecule has 15 heteroatoms. The minimum atomic E-state index is -0.367. The lowest BCUT2D eigenvalue weighted by molar-refractivity contribution is -0.146. The summed E-state index contributed by atoms with van der Waals surface area (Å²) in [5.74, 6) is 0.335. The molecule has 4 heterocycles. The lowest BCUT2D eigenvalue weighted by Gasteiger charge is -2.37. The highest BCUT2D eigenvalue weighted by atomic mass is 35.5. The number of aliphatic hydroxyl groups excluding tert-OH is 1. The van der Waals surface area contributed by atoms with E-state index >= 15 is 0 Å². The molecular formula is C43H52Cl2N8O5. The lowest BCUT2D eigenvalue weighted by atomic mass is 9.81. The fraction of sp³-hybridized carbons (Fsp3) is 0.512. The molecule has 0 saturated heterocycles. The molecule has 2 saturated carbocycles. The number of hydrogen-bond acceptors (Lipinski definition) is 9. The van der Waals surface area contributed by atoms with E-state index in [-0.39, 0.29) is 29.8 Å². The second kappa shape index (κ2) is 17.1. The molecule has 0 unspecified atom stereocenters. The van der Waals surface area contributed by atoms with Crippen LogP contribution in [-0.2, 0) is 49.6 Å². The fourth-order valence-electron chi connectivity index (χ4n) is 9.57. The van der Waals surface area contributed by atoms with Gasteiger partial charge >= 0.3 is 5.97 Å². The van der Waals surface area contributed by atoms with Crippen molar-refractivity contribution in [3.8, 4) is 11.1 Å². The number of hydrogen-bond donors (Lipinski definition) is 3. The fourth-order valence-corrected chi connectivity index (χ4v) is 10.1. The number of anilines is 2. The molecule has 13 nitrogen and oxygen atoms in total. The van der Waals surface area contributed by atoms with E-state index in [1.54, 1.807) is 24.3 Å². The number of nitrogens with zero attached hydrogens (tertiary/aromatic N) is 6. The van der Waals surface area contributed by atoms with Crippen LogP contribution in [0.25, 0.3) is 11.1 Å². The second-order valence-electron chi connectivity index (χ2n) is 16.4. The van der Waals surface area contributed by atoms with Gasteiger partial charge in [0.25, 0.3) is 11.8 Å². The van der Waals surface area contributed by atoms with Crippen molar-refractivity contribution in [2.75, 3.05) is 37.4 Å². The normalized spacial score (nSPS) is 22.5. The number of carbonyl (C=O) groups is 3. The summed E-state index contributed by atoms with van der Waals surface area (Å²) in [6, 6.07) is 11.2. The maximum absolute atomic E-state index is 13.8. The van der Waals surface area contributed by atoms with Gasteiger partial charge in [-0.2, -0.15) is 0 Å². The number of nitrogens with one attached hydrogen (secondary N) is 2. The van der Waals surface area contributed by atoms with E-state index in [0.717, 1.165) is 107 Å². The number of benzene rings is 2. The number of aliphatic hydroxyl groups is 1. The largest absolute Gasteiger partial charge is 0.469 e. The van der Waals surface area contributed by atoms with Crippen molar-refractivity contribution in [1.29, 1.82) is 0 Å². The molecular weight excluding hydrogens is 779 g/mol. The number of amides is 2. The summed E-state index contributed by atoms with van der Waals surface area (Å²) in [6.45, 7) is 4.08. The van der Waals surface area contributed by atoms with Crippen molar-refractivity contribution in [1.82, 2.24) is 28.9 Å². The van der Waals surface area contributed by atoms with E-state index < -0.39 is 0 Å². The molecule has 308 valence electrons. The van der Waals surface area contributed by atoms with Gasteiger partial charge < -0.3 is 29.6 Å². The van der Waals surface area contributed by atoms with E-state index in [1.807, 2.05) is 35.4 Å². The highest BCUT2D eigenvalue weighted by Crippen LogP contribution is 2.41. The van der Waals surface area contributed by atoms with Gasteiger partial charge in [0.05, 0.1) is 51.9 Å². The standard InChI is InChI=1S/C43H52Cl2N8O5/c1-50-35-18-20-52(22-25-10-12-26(13-11-25)43(57)58-3)23-33(35)46-39(50)41(55)48-31-8-4-6-29(37(31)44)30-7-5-9-32(38(30)45)49-42(56)40-47-34-24-53(21-19-36(34)51(40)2)27-14-16-28(54)17-15-27/h4-9,25-28,54H,10-24H2,1-3H3,(H,48,55)(H,49,56)/t25-,26-,27?,28?. The molecule has 2 aliphatic carbocycles. The van der Waals surface area contributed by atoms with Crippen molar-refractivity contribution in [3.63, 3.8) is 0 Å². The highest BCUT2D eigenvalue weighted by molar-refractivity contribution is 6.40. The summed E-state index contributed by atoms with van der Waals surface area (Å²) >= 11 is 14.0. The molecule has 2 aromatic heterocycles. The number of esters is 1. The Labute approximate surface area is 349 Å². The minimum Gasteiger partial charge on any atom is -0.469 e. The third-order valence-corrected chi connectivity index (χ3v) is 13.7. The Bertz CT molecular complexity index is 2200. The van der Waals surface area contributed by atoms with Gasteiger partial charge in [0, 0.05) is 88.2 Å². The molecule has 0 radical (unpaired) electrons. The third-order valence-electron chi connectivity index (χ3n) is 12.9. The quantitative estimate of drug-likeness (QED) is 0.158. The van der Waals surface area contributed by atoms with Crippen LogP contribution in [0.15, 0.2) is 36.4 Å². The van der Waals surface area contributed by atoms with Crippen molar-refractivity contribution >= 4 is 52.4 Å². The Morgan fingerprint density at radius 2 is 1.29 bits per heavy atom. The number of aromatic nitrogens is 4. The van der Waals surface area contributed by atoms with E-state index in [1.165, 1.54) is 7.11 Å². The first-order valence-electron chi connectivity index (χ1n) is 20.5. The predicted octanol–water partition coefficient (Wildman–Crippen LogP) is 6.63. The SMILES string of the molecule is COC(=O)[C@H]1CC[C@H](CN2CCc3c(nc(C(=O)Nc4cccc(-c5cccc(NC(=O)c6nc7c(n6C)CCN(C6CCC(O)CC6)C7)c5Cl)c4Cl)n3C)C2)CC1. The molecule has 58 heavy (non-hydrogen) atoms. The Kier molecular flexibility index (Phi) is 12.0. The molecule has 2 aliphatic heterocycles. The number of halogens is 2. The predicted molar refractivity (Wildman–Crippen MR) is 223 cm³/mol. The molecule has 2 fully saturated rings. The van der Waals surface area contributed by atoms with Crippen LogP contribution in [-0.4, -0.2) is 90.7 Å². The first kappa shape index (κ1) is 40.5. The average molecular weight is 832 g/mol. The molecule has 4 aliphatic rings. The molecule has 0 spiro atoms. The summed E-state index contributed by atoms with van der Waals surface area (Å²) in [5.41, 5.74) is 5.95. The Balaban J connectivity index is 0.925. The van der Waals surface area contributed by atoms with Crippen LogP contribution in [0.4, 0.5) is 11.4 Å². The first-order chi connectivity index (χ1) is 28.0. The van der Waals surface area contributed by atoms with Gasteiger partial charge in [-0.1, -0.05) is 47.5 Å². The van der Waals surface area contributed by atoms with Crippen molar-refractivity contribution in [2.45, 2.75) is 89.4 Å². The van der Waals surface area contributed by atoms with Gasteiger partial charge in [0.2, 0.25) is 0 Å². The van der Waals surface area contributed by atoms with E-state index in [0.29, 0.717) is 69.2 Å². The van der Waals surface area contributed by atoms with Gasteiger partial charge in [0.15, 0.2) is 11.6 Å². The summed E-state index contributed by atoms with van der Waals surface area (Å²) in [7, 11) is 5.21. The van der Waals surface area contributed by atoms with Crippen LogP contribution in [0, 0.1) is 11.8 Å². The zero-order valence-corrected chi connectivity index (χ0v) is 34.9. The third kappa shape index (κ3) is 8.16. The summed E-state index contributed by atoms with van der Waals surface area (Å²) in [4.78, 5) is 53.9. The summed E-state index contributed by atoms with van der Waals surface area (Å²) in [5, 5.41) is 16.5. The average Bonchev–Trinajstić information content (AvgIpc) is 3.74. The van der Waals surface area contributed by atoms with Crippen molar-refractivity contribution in [3.05, 3.63) is 80.9 Å². The van der Waals surface area contributed by atoms with Gasteiger partial charge in [-0.05, 0) is 69.4 Å². The van der Waals surface area contributed by atoms with Crippen molar-refractivity contribution < 1.29 is 24.2 Å². The molecule has 0 atom stereocenters. The number of imidazole rings is 2. The number of fused-ring (bicyclic) bond motifs is 2. The minimum absolute atomic E-state index is 0.00965. The molecule has 0 bridgehead atoms. The zero-order valence-electron chi connectivity index (χ0n) is 33.4. The monoisotopic (exact) mass is 830 g/mol. The highest BCUT2D eigenvalue weighted by Gasteiger charge is 2.33. The smallest absolute Gasteiger partial charge is 0.308 e. The lowest BCUT2D eigenvalue weighted by Crippen LogP contribution is -2.42. The van der Waals surface area contributed by atoms with E-state index in [2.05, 4.69) is 20.4 Å². The molecule has 4 aromatic rings. The molecule has 8 rings (SSSR count). The number of rotatable bonds is 9. The number of methoxy groups -OCH3 is 1. The van der Waals surface area contributed by atoms with Crippen LogP contribution in [0.5, 0.6) is 0 Å². The van der Waals surface area contributed by atoms with Crippen LogP contribution < -0.4 is 10.6 Å². The van der Waals surface area contributed by atoms with Crippen molar-refractivity contribution in [2.24, 2.45) is 25.9 Å². The van der Waals surface area contributed by atoms with Gasteiger partial charge in [-0.15, -0.1) is 0 Å². The van der Waals surface area contributed by atoms with E-state index in [9.17, 15) is 19.5 Å². The number of ether oxygens (including phenoxy) is 1. The summed E-state index contributed by atoms with van der Waals surface area (Å²) < 4.78 is 8.71. The van der Waals surface area contributed by atoms with Gasteiger partial charge in [-0.3, -0.25) is 24.2 Å². The maximum Gasteiger partial charge on any atom is 0.308 e. The molecule has 2 aromatic carbocycles. The molecule has 3 N–H and O–H groups in total. The number of carbonyl (C=O) groups excluding carboxylic acids is 3. The second-order valence-corrected chi connectivity index (χ2v) is 17.2. The summed E-state index contributed by atoms with van der Waals surface area (Å²) in [6.07, 6.45) is 8.72. The van der Waals surface area contributed by atoms with Crippen LogP contribution in [0.2, 0.25) is 10.0 Å². The van der Waals surface area contributed by atoms with E-state index in [4.69, 9.17) is 37.9 Å². The first-order valence-corrected chi connectivity index (χ1v) is 21.3. The Hall–Kier alpha value is -4.27. The zero-order chi connectivity index (χ0) is 40.7. The van der Waals surface area contributed by atoms with Crippen LogP contribution in [0.1, 0.15) is 95.4 Å². The Morgan fingerprint density at radius 1 is 0.759 bits per heavy atom. The molecule has 2 amide bonds. The topological polar surface area (TPSA) is 147 Å². The van der Waals surface area contributed by atoms with Gasteiger partial charge in [-0.25, -0.2) is 9.97 Å². The maximum atomic E-state index is 13.8. The Morgan fingerprint density at radius 3 is 1.84 bits per heavy atom. The van der Waals surface area contributed by atoms with Crippen LogP contribution in [0.3, 0.4) is 0 Å². The van der Waals surface area contributed by atoms with Gasteiger partial charge in [0.1, 0.15) is 0 Å². The van der Waals surface area contributed by atoms with Crippen LogP contribution >= 0.6 is 23.2 Å².